The number of aromatic nitrogens is 2. The number of nitrogen functional groups attached to an aromatic ring is 1. The lowest BCUT2D eigenvalue weighted by Crippen LogP contribution is -2.12. The number of rotatable bonds is 6. The fourth-order valence-corrected chi connectivity index (χ4v) is 1.47. The van der Waals surface area contributed by atoms with Crippen LogP contribution >= 0.6 is 0 Å². The van der Waals surface area contributed by atoms with Gasteiger partial charge in [0.2, 0.25) is 5.82 Å². The number of nitro groups is 1. The predicted octanol–water partition coefficient (Wildman–Crippen LogP) is 1.42. The number of benzene rings is 1. The van der Waals surface area contributed by atoms with Gasteiger partial charge in [0.05, 0.1) is 4.92 Å². The first-order valence-electron chi connectivity index (χ1n) is 5.74. The monoisotopic (exact) mass is 276 g/mol. The molecular weight excluding hydrogens is 264 g/mol. The Morgan fingerprint density at radius 2 is 1.85 bits per heavy atom. The Bertz CT molecular complexity index is 591. The number of ether oxygens (including phenoxy) is 2. The highest BCUT2D eigenvalue weighted by Gasteiger charge is 2.22. The summed E-state index contributed by atoms with van der Waals surface area (Å²) >= 11 is 0. The highest BCUT2D eigenvalue weighted by atomic mass is 16.6. The van der Waals surface area contributed by atoms with Gasteiger partial charge in [0.25, 0.3) is 5.88 Å². The van der Waals surface area contributed by atoms with E-state index in [1.165, 1.54) is 0 Å². The Labute approximate surface area is 114 Å². The number of nitrogens with zero attached hydrogens (tertiary/aromatic N) is 3. The zero-order valence-electron chi connectivity index (χ0n) is 10.4. The average molecular weight is 276 g/mol. The number of hydrogen-bond donors (Lipinski definition) is 1. The molecule has 0 aliphatic carbocycles. The van der Waals surface area contributed by atoms with Gasteiger partial charge in [0, 0.05) is 0 Å². The Kier molecular flexibility index (Phi) is 4.28. The molecule has 8 heteroatoms. The van der Waals surface area contributed by atoms with Gasteiger partial charge in [-0.15, -0.1) is 0 Å². The molecule has 1 aromatic carbocycles. The van der Waals surface area contributed by atoms with Crippen LogP contribution in [0.3, 0.4) is 0 Å². The first-order chi connectivity index (χ1) is 9.68. The van der Waals surface area contributed by atoms with Crippen molar-refractivity contribution in [2.45, 2.75) is 0 Å². The molecule has 0 bridgehead atoms. The summed E-state index contributed by atoms with van der Waals surface area (Å²) in [4.78, 5) is 17.4. The van der Waals surface area contributed by atoms with Crippen molar-refractivity contribution in [1.29, 1.82) is 0 Å². The zero-order chi connectivity index (χ0) is 14.4. The summed E-state index contributed by atoms with van der Waals surface area (Å²) in [5.74, 6) is 0.288. The molecule has 2 rings (SSSR count). The van der Waals surface area contributed by atoms with Crippen molar-refractivity contribution in [2.24, 2.45) is 0 Å². The van der Waals surface area contributed by atoms with E-state index in [9.17, 15) is 10.1 Å². The van der Waals surface area contributed by atoms with E-state index in [1.54, 1.807) is 12.1 Å². The van der Waals surface area contributed by atoms with Crippen molar-refractivity contribution in [3.63, 3.8) is 0 Å². The van der Waals surface area contributed by atoms with Crippen molar-refractivity contribution >= 4 is 11.5 Å². The molecule has 0 fully saturated rings. The van der Waals surface area contributed by atoms with E-state index < -0.39 is 10.6 Å². The van der Waals surface area contributed by atoms with E-state index in [0.717, 1.165) is 6.33 Å². The second kappa shape index (κ2) is 6.32. The SMILES string of the molecule is Nc1ncnc(OCCOc2ccccc2)c1[N+](=O)[O-]. The molecule has 0 atom stereocenters. The molecule has 104 valence electrons. The van der Waals surface area contributed by atoms with Crippen LogP contribution in [0.25, 0.3) is 0 Å². The van der Waals surface area contributed by atoms with Crippen LogP contribution in [0.1, 0.15) is 0 Å². The van der Waals surface area contributed by atoms with Gasteiger partial charge in [-0.2, -0.15) is 4.98 Å². The van der Waals surface area contributed by atoms with Crippen LogP contribution in [0.2, 0.25) is 0 Å². The molecule has 0 unspecified atom stereocenters. The van der Waals surface area contributed by atoms with E-state index in [0.29, 0.717) is 5.75 Å². The van der Waals surface area contributed by atoms with Gasteiger partial charge < -0.3 is 15.2 Å². The summed E-state index contributed by atoms with van der Waals surface area (Å²) in [7, 11) is 0. The van der Waals surface area contributed by atoms with E-state index in [-0.39, 0.29) is 24.9 Å². The van der Waals surface area contributed by atoms with E-state index in [2.05, 4.69) is 9.97 Å². The molecule has 2 N–H and O–H groups in total. The number of hydrogen-bond acceptors (Lipinski definition) is 7. The first kappa shape index (κ1) is 13.5. The van der Waals surface area contributed by atoms with Crippen LogP contribution in [-0.4, -0.2) is 28.1 Å². The Hall–Kier alpha value is -2.90. The van der Waals surface area contributed by atoms with Crippen LogP contribution in [-0.2, 0) is 0 Å². The maximum Gasteiger partial charge on any atom is 0.372 e. The zero-order valence-corrected chi connectivity index (χ0v) is 10.4. The molecular formula is C12H12N4O4. The summed E-state index contributed by atoms with van der Waals surface area (Å²) in [6.07, 6.45) is 1.11. The second-order valence-electron chi connectivity index (χ2n) is 3.68. The van der Waals surface area contributed by atoms with Crippen LogP contribution in [0.4, 0.5) is 11.5 Å². The lowest BCUT2D eigenvalue weighted by molar-refractivity contribution is -0.385. The van der Waals surface area contributed by atoms with Gasteiger partial charge in [0.1, 0.15) is 25.3 Å². The van der Waals surface area contributed by atoms with Crippen molar-refractivity contribution in [3.05, 3.63) is 46.8 Å². The quantitative estimate of drug-likeness (QED) is 0.482. The normalized spacial score (nSPS) is 10.0. The van der Waals surface area contributed by atoms with Gasteiger partial charge in [-0.25, -0.2) is 4.98 Å². The third kappa shape index (κ3) is 3.31. The van der Waals surface area contributed by atoms with Gasteiger partial charge in [-0.3, -0.25) is 10.1 Å². The number of para-hydroxylation sites is 1. The highest BCUT2D eigenvalue weighted by molar-refractivity contribution is 5.57. The minimum Gasteiger partial charge on any atom is -0.490 e. The minimum atomic E-state index is -0.678. The average Bonchev–Trinajstić information content (AvgIpc) is 2.44. The molecule has 0 saturated carbocycles. The van der Waals surface area contributed by atoms with Crippen LogP contribution in [0.15, 0.2) is 36.7 Å². The minimum absolute atomic E-state index is 0.103. The van der Waals surface area contributed by atoms with Gasteiger partial charge in [-0.1, -0.05) is 18.2 Å². The molecule has 1 aromatic heterocycles. The molecule has 0 aliphatic heterocycles. The highest BCUT2D eigenvalue weighted by Crippen LogP contribution is 2.28. The first-order valence-corrected chi connectivity index (χ1v) is 5.74. The fraction of sp³-hybridized carbons (Fsp3) is 0.167. The molecule has 1 heterocycles. The maximum absolute atomic E-state index is 10.8. The van der Waals surface area contributed by atoms with Crippen molar-refractivity contribution < 1.29 is 14.4 Å². The third-order valence-corrected chi connectivity index (χ3v) is 2.33. The molecule has 20 heavy (non-hydrogen) atoms. The van der Waals surface area contributed by atoms with Crippen molar-refractivity contribution in [2.75, 3.05) is 18.9 Å². The van der Waals surface area contributed by atoms with E-state index in [4.69, 9.17) is 15.2 Å². The van der Waals surface area contributed by atoms with E-state index in [1.807, 2.05) is 18.2 Å². The standard InChI is InChI=1S/C12H12N4O4/c13-11-10(16(17)18)12(15-8-14-11)20-7-6-19-9-4-2-1-3-5-9/h1-5,8H,6-7H2,(H2,13,14,15). The molecule has 8 nitrogen and oxygen atoms in total. The molecule has 0 saturated heterocycles. The van der Waals surface area contributed by atoms with Crippen molar-refractivity contribution in [3.8, 4) is 11.6 Å². The second-order valence-corrected chi connectivity index (χ2v) is 3.68. The van der Waals surface area contributed by atoms with Crippen LogP contribution in [0, 0.1) is 10.1 Å². The van der Waals surface area contributed by atoms with Crippen LogP contribution in [0.5, 0.6) is 11.6 Å². The van der Waals surface area contributed by atoms with Crippen molar-refractivity contribution in [1.82, 2.24) is 9.97 Å². The summed E-state index contributed by atoms with van der Waals surface area (Å²) in [5.41, 5.74) is 4.98. The topological polar surface area (TPSA) is 113 Å². The third-order valence-electron chi connectivity index (χ3n) is 2.33. The molecule has 0 amide bonds. The smallest absolute Gasteiger partial charge is 0.372 e. The lowest BCUT2D eigenvalue weighted by Gasteiger charge is -2.08. The largest absolute Gasteiger partial charge is 0.490 e. The number of anilines is 1. The predicted molar refractivity (Wildman–Crippen MR) is 70.5 cm³/mol. The summed E-state index contributed by atoms with van der Waals surface area (Å²) in [5, 5.41) is 10.8. The van der Waals surface area contributed by atoms with E-state index >= 15 is 0 Å². The maximum atomic E-state index is 10.8. The number of nitrogens with two attached hydrogens (primary N) is 1. The lowest BCUT2D eigenvalue weighted by atomic mass is 10.3. The Morgan fingerprint density at radius 3 is 2.55 bits per heavy atom. The molecule has 2 aromatic rings. The summed E-state index contributed by atoms with van der Waals surface area (Å²) in [6.45, 7) is 0.331. The fourth-order valence-electron chi connectivity index (χ4n) is 1.47. The Balaban J connectivity index is 1.92. The molecule has 0 aliphatic rings. The summed E-state index contributed by atoms with van der Waals surface area (Å²) < 4.78 is 10.6. The van der Waals surface area contributed by atoms with Gasteiger partial charge >= 0.3 is 5.69 Å². The molecule has 0 radical (unpaired) electrons. The molecule has 0 spiro atoms. The summed E-state index contributed by atoms with van der Waals surface area (Å²) in [6, 6.07) is 9.14. The Morgan fingerprint density at radius 1 is 1.15 bits per heavy atom. The van der Waals surface area contributed by atoms with Crippen LogP contribution < -0.4 is 15.2 Å². The van der Waals surface area contributed by atoms with Gasteiger partial charge in [-0.05, 0) is 12.1 Å². The van der Waals surface area contributed by atoms with Gasteiger partial charge in [0.15, 0.2) is 0 Å².